The molecule has 0 aliphatic heterocycles. The van der Waals surface area contributed by atoms with Crippen LogP contribution in [-0.4, -0.2) is 41.0 Å². The van der Waals surface area contributed by atoms with E-state index in [0.29, 0.717) is 42.2 Å². The van der Waals surface area contributed by atoms with Crippen molar-refractivity contribution in [3.05, 3.63) is 101 Å². The number of rotatable bonds is 7. The maximum Gasteiger partial charge on any atom is 0.350 e. The van der Waals surface area contributed by atoms with Crippen molar-refractivity contribution in [2.45, 2.75) is 13.0 Å². The fourth-order valence-electron chi connectivity index (χ4n) is 3.64. The topological polar surface area (TPSA) is 91.2 Å². The largest absolute Gasteiger partial charge is 0.352 e. The minimum absolute atomic E-state index is 0.215. The SMILES string of the molecule is O=C(NCCCn1nc2ccccn2c1=O)c1cnn(-c2ccc(F)cc2)c1-n1cccc1. The molecule has 1 aromatic carbocycles. The van der Waals surface area contributed by atoms with Crippen LogP contribution in [0.1, 0.15) is 16.8 Å². The Morgan fingerprint density at radius 3 is 2.52 bits per heavy atom. The van der Waals surface area contributed by atoms with Gasteiger partial charge in [0.25, 0.3) is 5.91 Å². The molecule has 0 bridgehead atoms. The lowest BCUT2D eigenvalue weighted by molar-refractivity contribution is 0.0952. The molecule has 5 aromatic rings. The van der Waals surface area contributed by atoms with Crippen LogP contribution >= 0.6 is 0 Å². The molecule has 0 spiro atoms. The van der Waals surface area contributed by atoms with Gasteiger partial charge in [0.1, 0.15) is 11.4 Å². The molecular weight excluding hydrogens is 425 g/mol. The molecule has 0 atom stereocenters. The molecule has 0 aliphatic carbocycles. The van der Waals surface area contributed by atoms with E-state index in [1.807, 2.05) is 30.6 Å². The molecule has 4 aromatic heterocycles. The van der Waals surface area contributed by atoms with Gasteiger partial charge in [0.15, 0.2) is 11.5 Å². The van der Waals surface area contributed by atoms with Crippen molar-refractivity contribution in [2.24, 2.45) is 0 Å². The Morgan fingerprint density at radius 2 is 1.76 bits per heavy atom. The number of carbonyl (C=O) groups excluding carboxylic acids is 1. The van der Waals surface area contributed by atoms with E-state index in [9.17, 15) is 14.0 Å². The lowest BCUT2D eigenvalue weighted by Gasteiger charge is -2.11. The third-order valence-electron chi connectivity index (χ3n) is 5.23. The Bertz CT molecular complexity index is 1460. The second kappa shape index (κ2) is 8.58. The number of aromatic nitrogens is 6. The highest BCUT2D eigenvalue weighted by molar-refractivity contribution is 5.97. The molecule has 0 aliphatic rings. The molecule has 0 radical (unpaired) electrons. The van der Waals surface area contributed by atoms with Crippen molar-refractivity contribution in [1.82, 2.24) is 33.8 Å². The average Bonchev–Trinajstić information content (AvgIpc) is 3.56. The molecule has 0 saturated heterocycles. The Labute approximate surface area is 187 Å². The fourth-order valence-corrected chi connectivity index (χ4v) is 3.64. The summed E-state index contributed by atoms with van der Waals surface area (Å²) >= 11 is 0. The molecule has 1 N–H and O–H groups in total. The molecule has 4 heterocycles. The van der Waals surface area contributed by atoms with Crippen molar-refractivity contribution >= 4 is 11.6 Å². The van der Waals surface area contributed by atoms with Gasteiger partial charge in [-0.05, 0) is 55.0 Å². The highest BCUT2D eigenvalue weighted by Crippen LogP contribution is 2.20. The van der Waals surface area contributed by atoms with Gasteiger partial charge in [-0.3, -0.25) is 9.20 Å². The lowest BCUT2D eigenvalue weighted by atomic mass is 10.2. The predicted molar refractivity (Wildman–Crippen MR) is 119 cm³/mol. The molecule has 166 valence electrons. The van der Waals surface area contributed by atoms with Gasteiger partial charge in [0.2, 0.25) is 0 Å². The molecular formula is C23H20FN7O2. The summed E-state index contributed by atoms with van der Waals surface area (Å²) in [6.45, 7) is 0.728. The first-order valence-electron chi connectivity index (χ1n) is 10.4. The maximum atomic E-state index is 13.4. The summed E-state index contributed by atoms with van der Waals surface area (Å²) in [6, 6.07) is 14.9. The monoisotopic (exact) mass is 445 g/mol. The van der Waals surface area contributed by atoms with Crippen LogP contribution in [0.5, 0.6) is 0 Å². The van der Waals surface area contributed by atoms with Gasteiger partial charge in [-0.15, -0.1) is 5.10 Å². The van der Waals surface area contributed by atoms with E-state index >= 15 is 0 Å². The van der Waals surface area contributed by atoms with Crippen LogP contribution in [0.3, 0.4) is 0 Å². The summed E-state index contributed by atoms with van der Waals surface area (Å²) < 4.78 is 19.6. The highest BCUT2D eigenvalue weighted by atomic mass is 19.1. The molecule has 0 saturated carbocycles. The zero-order valence-electron chi connectivity index (χ0n) is 17.5. The van der Waals surface area contributed by atoms with E-state index < -0.39 is 0 Å². The van der Waals surface area contributed by atoms with Crippen molar-refractivity contribution < 1.29 is 9.18 Å². The number of hydrogen-bond acceptors (Lipinski definition) is 4. The van der Waals surface area contributed by atoms with Crippen LogP contribution in [0.4, 0.5) is 4.39 Å². The van der Waals surface area contributed by atoms with Crippen LogP contribution in [0.15, 0.2) is 84.2 Å². The smallest absolute Gasteiger partial charge is 0.350 e. The zero-order valence-corrected chi connectivity index (χ0v) is 17.5. The Hall–Kier alpha value is -4.47. The summed E-state index contributed by atoms with van der Waals surface area (Å²) in [6.07, 6.45) is 7.30. The normalized spacial score (nSPS) is 11.2. The van der Waals surface area contributed by atoms with E-state index in [2.05, 4.69) is 15.5 Å². The van der Waals surface area contributed by atoms with Crippen LogP contribution < -0.4 is 11.0 Å². The van der Waals surface area contributed by atoms with Gasteiger partial charge in [0.05, 0.1) is 11.9 Å². The maximum absolute atomic E-state index is 13.4. The third-order valence-corrected chi connectivity index (χ3v) is 5.23. The molecule has 5 rings (SSSR count). The molecule has 1 amide bonds. The number of aryl methyl sites for hydroxylation is 1. The summed E-state index contributed by atoms with van der Waals surface area (Å²) in [5, 5.41) is 11.5. The van der Waals surface area contributed by atoms with E-state index in [-0.39, 0.29) is 17.4 Å². The molecule has 10 heteroatoms. The quantitative estimate of drug-likeness (QED) is 0.390. The number of nitrogens with zero attached hydrogens (tertiary/aromatic N) is 6. The number of nitrogens with one attached hydrogen (secondary N) is 1. The first kappa shape index (κ1) is 20.4. The van der Waals surface area contributed by atoms with E-state index in [4.69, 9.17) is 0 Å². The standard InChI is InChI=1S/C23H20FN7O2/c24-17-7-9-18(10-8-17)31-22(28-12-3-4-13-28)19(16-26-31)21(32)25-11-5-15-30-23(33)29-14-2-1-6-20(29)27-30/h1-4,6-10,12-14,16H,5,11,15H2,(H,25,32). The molecule has 33 heavy (non-hydrogen) atoms. The molecule has 0 unspecified atom stereocenters. The van der Waals surface area contributed by atoms with Crippen molar-refractivity contribution in [3.63, 3.8) is 0 Å². The van der Waals surface area contributed by atoms with Crippen molar-refractivity contribution in [1.29, 1.82) is 0 Å². The molecule has 9 nitrogen and oxygen atoms in total. The number of amides is 1. The third kappa shape index (κ3) is 3.93. The number of halogens is 1. The van der Waals surface area contributed by atoms with Crippen LogP contribution in [0.2, 0.25) is 0 Å². The van der Waals surface area contributed by atoms with Crippen LogP contribution in [0.25, 0.3) is 17.2 Å². The van der Waals surface area contributed by atoms with Crippen molar-refractivity contribution in [2.75, 3.05) is 6.54 Å². The lowest BCUT2D eigenvalue weighted by Crippen LogP contribution is -2.28. The Kier molecular flexibility index (Phi) is 5.31. The van der Waals surface area contributed by atoms with E-state index in [1.54, 1.807) is 39.7 Å². The van der Waals surface area contributed by atoms with E-state index in [1.165, 1.54) is 27.4 Å². The summed E-state index contributed by atoms with van der Waals surface area (Å²) in [4.78, 5) is 25.3. The summed E-state index contributed by atoms with van der Waals surface area (Å²) in [5.74, 6) is -0.105. The predicted octanol–water partition coefficient (Wildman–Crippen LogP) is 2.43. The van der Waals surface area contributed by atoms with Gasteiger partial charge < -0.3 is 9.88 Å². The Morgan fingerprint density at radius 1 is 1.00 bits per heavy atom. The first-order valence-corrected chi connectivity index (χ1v) is 10.4. The number of fused-ring (bicyclic) bond motifs is 1. The van der Waals surface area contributed by atoms with Crippen LogP contribution in [-0.2, 0) is 6.54 Å². The first-order chi connectivity index (χ1) is 16.1. The zero-order chi connectivity index (χ0) is 22.8. The van der Waals surface area contributed by atoms with Gasteiger partial charge in [-0.1, -0.05) is 6.07 Å². The number of benzene rings is 1. The van der Waals surface area contributed by atoms with Crippen LogP contribution in [0, 0.1) is 5.82 Å². The minimum Gasteiger partial charge on any atom is -0.352 e. The second-order valence-electron chi connectivity index (χ2n) is 7.40. The molecule has 0 fully saturated rings. The van der Waals surface area contributed by atoms with Gasteiger partial charge >= 0.3 is 5.69 Å². The van der Waals surface area contributed by atoms with Gasteiger partial charge in [0, 0.05) is 31.7 Å². The van der Waals surface area contributed by atoms with Gasteiger partial charge in [-0.25, -0.2) is 18.5 Å². The summed E-state index contributed by atoms with van der Waals surface area (Å²) in [7, 11) is 0. The number of pyridine rings is 1. The average molecular weight is 445 g/mol. The number of carbonyl (C=O) groups is 1. The second-order valence-corrected chi connectivity index (χ2v) is 7.40. The Balaban J connectivity index is 1.31. The van der Waals surface area contributed by atoms with Gasteiger partial charge in [-0.2, -0.15) is 5.10 Å². The minimum atomic E-state index is -0.351. The summed E-state index contributed by atoms with van der Waals surface area (Å²) in [5.41, 5.74) is 1.37. The number of hydrogen-bond donors (Lipinski definition) is 1. The fraction of sp³-hybridized carbons (Fsp3) is 0.130. The van der Waals surface area contributed by atoms with E-state index in [0.717, 1.165) is 0 Å². The van der Waals surface area contributed by atoms with Crippen molar-refractivity contribution in [3.8, 4) is 11.5 Å². The highest BCUT2D eigenvalue weighted by Gasteiger charge is 2.19.